The maximum Gasteiger partial charge on any atom is 0.244 e. The van der Waals surface area contributed by atoms with Crippen molar-refractivity contribution < 1.29 is 18.0 Å². The smallest absolute Gasteiger partial charge is 0.244 e. The van der Waals surface area contributed by atoms with Gasteiger partial charge < -0.3 is 10.2 Å². The molecule has 11 heteroatoms. The number of sulfonamides is 1. The Bertz CT molecular complexity index is 1450. The molecular weight excluding hydrogens is 649 g/mol. The Labute approximate surface area is 261 Å². The summed E-state index contributed by atoms with van der Waals surface area (Å²) in [5, 5.41) is 3.62. The predicted molar refractivity (Wildman–Crippen MR) is 170 cm³/mol. The molecule has 3 rings (SSSR count). The lowest BCUT2D eigenvalue weighted by Gasteiger charge is -2.34. The minimum absolute atomic E-state index is 0.0903. The molecule has 0 aliphatic rings. The van der Waals surface area contributed by atoms with Crippen LogP contribution in [-0.4, -0.2) is 50.5 Å². The highest BCUT2D eigenvalue weighted by atomic mass is 79.9. The number of hydrogen-bond acceptors (Lipinski definition) is 4. The summed E-state index contributed by atoms with van der Waals surface area (Å²) in [4.78, 5) is 29.2. The van der Waals surface area contributed by atoms with E-state index in [1.807, 2.05) is 44.2 Å². The van der Waals surface area contributed by atoms with Gasteiger partial charge >= 0.3 is 0 Å². The summed E-state index contributed by atoms with van der Waals surface area (Å²) in [6.45, 7) is 3.69. The van der Waals surface area contributed by atoms with Crippen LogP contribution in [-0.2, 0) is 32.6 Å². The van der Waals surface area contributed by atoms with Crippen LogP contribution in [0.4, 0.5) is 5.69 Å². The number of carbonyl (C=O) groups excluding carboxylic acids is 2. The van der Waals surface area contributed by atoms with Gasteiger partial charge in [-0.05, 0) is 54.8 Å². The summed E-state index contributed by atoms with van der Waals surface area (Å²) in [7, 11) is -3.87. The van der Waals surface area contributed by atoms with Crippen molar-refractivity contribution >= 4 is 66.7 Å². The molecule has 1 unspecified atom stereocenters. The second-order valence-electron chi connectivity index (χ2n) is 9.78. The highest BCUT2D eigenvalue weighted by Gasteiger charge is 2.33. The van der Waals surface area contributed by atoms with Gasteiger partial charge in [0.05, 0.1) is 11.9 Å². The number of nitrogens with zero attached hydrogens (tertiary/aromatic N) is 2. The second-order valence-corrected chi connectivity index (χ2v) is 13.4. The van der Waals surface area contributed by atoms with E-state index >= 15 is 0 Å². The number of carbonyl (C=O) groups is 2. The van der Waals surface area contributed by atoms with Crippen LogP contribution in [0.2, 0.25) is 10.0 Å². The molecule has 0 aromatic heterocycles. The van der Waals surface area contributed by atoms with E-state index in [4.69, 9.17) is 23.2 Å². The van der Waals surface area contributed by atoms with Gasteiger partial charge in [0.25, 0.3) is 0 Å². The molecule has 0 bridgehead atoms. The molecule has 3 aromatic carbocycles. The quantitative estimate of drug-likeness (QED) is 0.212. The van der Waals surface area contributed by atoms with Crippen molar-refractivity contribution in [1.82, 2.24) is 10.2 Å². The third kappa shape index (κ3) is 9.20. The Morgan fingerprint density at radius 2 is 1.66 bits per heavy atom. The van der Waals surface area contributed by atoms with Crippen molar-refractivity contribution in [3.63, 3.8) is 0 Å². The number of amides is 2. The molecule has 0 radical (unpaired) electrons. The summed E-state index contributed by atoms with van der Waals surface area (Å²) < 4.78 is 27.7. The van der Waals surface area contributed by atoms with Gasteiger partial charge in [-0.25, -0.2) is 8.42 Å². The van der Waals surface area contributed by atoms with Crippen LogP contribution in [0, 0.1) is 6.92 Å². The summed E-state index contributed by atoms with van der Waals surface area (Å²) >= 11 is 16.4. The zero-order valence-corrected chi connectivity index (χ0v) is 27.2. The van der Waals surface area contributed by atoms with Crippen LogP contribution >= 0.6 is 39.1 Å². The Morgan fingerprint density at radius 1 is 1.00 bits per heavy atom. The standard InChI is InChI=1S/C30H34BrCl2N3O4S/c1-4-5-16-34-30(38)28(18-22-10-7-6-8-11-22)35(19-24-26(32)12-9-13-27(24)33)29(37)20-36(41(3,39)40)23-14-15-25(31)21(2)17-23/h6-15,17,28H,4-5,16,18-20H2,1-3H3,(H,34,38). The number of unbranched alkanes of at least 4 members (excludes halogenated alkanes) is 1. The van der Waals surface area contributed by atoms with Crippen molar-refractivity contribution in [3.05, 3.63) is 97.9 Å². The van der Waals surface area contributed by atoms with Gasteiger partial charge in [0.2, 0.25) is 21.8 Å². The average Bonchev–Trinajstić information content (AvgIpc) is 2.92. The van der Waals surface area contributed by atoms with Crippen molar-refractivity contribution in [2.75, 3.05) is 23.7 Å². The van der Waals surface area contributed by atoms with E-state index in [0.717, 1.165) is 39.0 Å². The lowest BCUT2D eigenvalue weighted by Crippen LogP contribution is -2.53. The molecule has 1 atom stereocenters. The molecule has 1 N–H and O–H groups in total. The van der Waals surface area contributed by atoms with Crippen LogP contribution in [0.1, 0.15) is 36.5 Å². The Balaban J connectivity index is 2.09. The van der Waals surface area contributed by atoms with E-state index in [-0.39, 0.29) is 18.9 Å². The van der Waals surface area contributed by atoms with E-state index in [2.05, 4.69) is 21.2 Å². The fraction of sp³-hybridized carbons (Fsp3) is 0.333. The minimum Gasteiger partial charge on any atom is -0.354 e. The first-order valence-corrected chi connectivity index (χ1v) is 16.6. The molecule has 3 aromatic rings. The second kappa shape index (κ2) is 15.0. The molecule has 41 heavy (non-hydrogen) atoms. The van der Waals surface area contributed by atoms with Crippen LogP contribution in [0.5, 0.6) is 0 Å². The normalized spacial score (nSPS) is 12.0. The van der Waals surface area contributed by atoms with Crippen molar-refractivity contribution in [1.29, 1.82) is 0 Å². The molecule has 7 nitrogen and oxygen atoms in total. The lowest BCUT2D eigenvalue weighted by molar-refractivity contribution is -0.140. The maximum atomic E-state index is 14.2. The molecular formula is C30H34BrCl2N3O4S. The molecule has 0 aliphatic carbocycles. The maximum absolute atomic E-state index is 14.2. The van der Waals surface area contributed by atoms with Crippen molar-refractivity contribution in [3.8, 4) is 0 Å². The van der Waals surface area contributed by atoms with Gasteiger partial charge in [-0.1, -0.05) is 88.9 Å². The zero-order chi connectivity index (χ0) is 30.2. The molecule has 0 fully saturated rings. The fourth-order valence-corrected chi connectivity index (χ4v) is 5.92. The molecule has 0 aliphatic heterocycles. The summed E-state index contributed by atoms with van der Waals surface area (Å²) in [6.07, 6.45) is 2.92. The van der Waals surface area contributed by atoms with Crippen LogP contribution in [0.3, 0.4) is 0 Å². The van der Waals surface area contributed by atoms with Gasteiger partial charge in [-0.15, -0.1) is 0 Å². The van der Waals surface area contributed by atoms with Crippen LogP contribution in [0.25, 0.3) is 0 Å². The minimum atomic E-state index is -3.87. The van der Waals surface area contributed by atoms with E-state index in [1.165, 1.54) is 4.90 Å². The first-order chi connectivity index (χ1) is 19.4. The molecule has 2 amide bonds. The van der Waals surface area contributed by atoms with Crippen molar-refractivity contribution in [2.45, 2.75) is 45.7 Å². The van der Waals surface area contributed by atoms with E-state index < -0.39 is 28.5 Å². The fourth-order valence-electron chi connectivity index (χ4n) is 4.31. The number of halogens is 3. The van der Waals surface area contributed by atoms with Crippen LogP contribution in [0.15, 0.2) is 71.2 Å². The number of rotatable bonds is 13. The third-order valence-electron chi connectivity index (χ3n) is 6.60. The average molecular weight is 683 g/mol. The van der Waals surface area contributed by atoms with Crippen molar-refractivity contribution in [2.24, 2.45) is 0 Å². The summed E-state index contributed by atoms with van der Waals surface area (Å²) in [5.41, 5.74) is 2.45. The SMILES string of the molecule is CCCCNC(=O)C(Cc1ccccc1)N(Cc1c(Cl)cccc1Cl)C(=O)CN(c1ccc(Br)c(C)c1)S(C)(=O)=O. The molecule has 0 saturated heterocycles. The monoisotopic (exact) mass is 681 g/mol. The zero-order valence-electron chi connectivity index (χ0n) is 23.2. The number of aryl methyl sites for hydroxylation is 1. The van der Waals surface area contributed by atoms with E-state index in [9.17, 15) is 18.0 Å². The number of hydrogen-bond donors (Lipinski definition) is 1. The molecule has 0 spiro atoms. The molecule has 0 heterocycles. The van der Waals surface area contributed by atoms with E-state index in [1.54, 1.807) is 36.4 Å². The number of nitrogens with one attached hydrogen (secondary N) is 1. The topological polar surface area (TPSA) is 86.8 Å². The van der Waals surface area contributed by atoms with Gasteiger partial charge in [0, 0.05) is 39.6 Å². The predicted octanol–water partition coefficient (Wildman–Crippen LogP) is 6.39. The highest BCUT2D eigenvalue weighted by Crippen LogP contribution is 2.29. The van der Waals surface area contributed by atoms with E-state index in [0.29, 0.717) is 27.8 Å². The molecule has 0 saturated carbocycles. The Kier molecular flexibility index (Phi) is 12.1. The summed E-state index contributed by atoms with van der Waals surface area (Å²) in [5.74, 6) is -0.914. The highest BCUT2D eigenvalue weighted by molar-refractivity contribution is 9.10. The van der Waals surface area contributed by atoms with Crippen LogP contribution < -0.4 is 9.62 Å². The summed E-state index contributed by atoms with van der Waals surface area (Å²) in [6, 6.07) is 18.5. The van der Waals surface area contributed by atoms with Gasteiger partial charge in [0.15, 0.2) is 0 Å². The first-order valence-electron chi connectivity index (χ1n) is 13.2. The third-order valence-corrected chi connectivity index (χ3v) is 9.34. The Hall–Kier alpha value is -2.59. The number of anilines is 1. The Morgan fingerprint density at radius 3 is 2.24 bits per heavy atom. The molecule has 220 valence electrons. The van der Waals surface area contributed by atoms with Gasteiger partial charge in [-0.2, -0.15) is 0 Å². The number of benzene rings is 3. The lowest BCUT2D eigenvalue weighted by atomic mass is 10.0. The van der Waals surface area contributed by atoms with Gasteiger partial charge in [0.1, 0.15) is 12.6 Å². The largest absolute Gasteiger partial charge is 0.354 e. The van der Waals surface area contributed by atoms with Gasteiger partial charge in [-0.3, -0.25) is 13.9 Å². The first kappa shape index (κ1) is 32.9.